The van der Waals surface area contributed by atoms with Crippen LogP contribution >= 0.6 is 27.3 Å². The Kier molecular flexibility index (Phi) is 6.03. The van der Waals surface area contributed by atoms with Gasteiger partial charge in [-0.3, -0.25) is 4.98 Å². The van der Waals surface area contributed by atoms with E-state index in [0.29, 0.717) is 0 Å². The first-order chi connectivity index (χ1) is 13.1. The van der Waals surface area contributed by atoms with Crippen LogP contribution < -0.4 is 5.32 Å². The van der Waals surface area contributed by atoms with Gasteiger partial charge in [-0.05, 0) is 79.7 Å². The average molecular weight is 449 g/mol. The van der Waals surface area contributed by atoms with Gasteiger partial charge in [-0.15, -0.1) is 11.3 Å². The molecular formula is C22H29BrN2OS. The van der Waals surface area contributed by atoms with Crippen LogP contribution in [-0.4, -0.2) is 23.7 Å². The summed E-state index contributed by atoms with van der Waals surface area (Å²) in [4.78, 5) is 7.54. The van der Waals surface area contributed by atoms with Crippen LogP contribution in [0.25, 0.3) is 0 Å². The summed E-state index contributed by atoms with van der Waals surface area (Å²) >= 11 is 5.55. The van der Waals surface area contributed by atoms with Gasteiger partial charge in [0.25, 0.3) is 0 Å². The van der Waals surface area contributed by atoms with Crippen LogP contribution in [0.4, 0.5) is 0 Å². The Morgan fingerprint density at radius 3 is 2.81 bits per heavy atom. The second-order valence-electron chi connectivity index (χ2n) is 8.22. The number of pyridine rings is 1. The molecule has 146 valence electrons. The third kappa shape index (κ3) is 4.31. The summed E-state index contributed by atoms with van der Waals surface area (Å²) in [7, 11) is 0. The van der Waals surface area contributed by atoms with Crippen LogP contribution in [0, 0.1) is 6.92 Å². The molecule has 2 aliphatic rings. The highest BCUT2D eigenvalue weighted by molar-refractivity contribution is 9.10. The minimum atomic E-state index is 0.101. The molecule has 5 heteroatoms. The minimum Gasteiger partial charge on any atom is -0.375 e. The molecule has 0 amide bonds. The molecule has 0 bridgehead atoms. The quantitative estimate of drug-likeness (QED) is 0.570. The number of aryl methyl sites for hydroxylation is 1. The molecule has 3 heterocycles. The molecule has 1 atom stereocenters. The smallest absolute Gasteiger partial charge is 0.0691 e. The summed E-state index contributed by atoms with van der Waals surface area (Å²) in [5.41, 5.74) is 1.50. The first kappa shape index (κ1) is 19.6. The largest absolute Gasteiger partial charge is 0.375 e. The van der Waals surface area contributed by atoms with Crippen LogP contribution in [0.1, 0.15) is 60.4 Å². The monoisotopic (exact) mass is 448 g/mol. The van der Waals surface area contributed by atoms with Crippen LogP contribution in [-0.2, 0) is 16.7 Å². The SMILES string of the molecule is Cc1cc(Br)c(CNCC[C@@]2(c3ccccn3)CCOC3(CCCC3)C2)s1. The number of aromatic nitrogens is 1. The lowest BCUT2D eigenvalue weighted by atomic mass is 9.68. The van der Waals surface area contributed by atoms with Gasteiger partial charge >= 0.3 is 0 Å². The van der Waals surface area contributed by atoms with E-state index in [1.807, 2.05) is 23.6 Å². The average Bonchev–Trinajstić information content (AvgIpc) is 3.25. The van der Waals surface area contributed by atoms with Crippen molar-refractivity contribution in [2.24, 2.45) is 0 Å². The molecule has 1 saturated carbocycles. The number of thiophene rings is 1. The summed E-state index contributed by atoms with van der Waals surface area (Å²) in [5.74, 6) is 0. The Bertz CT molecular complexity index is 757. The number of halogens is 1. The van der Waals surface area contributed by atoms with Gasteiger partial charge in [0.05, 0.1) is 5.60 Å². The Morgan fingerprint density at radius 1 is 1.26 bits per heavy atom. The fraction of sp³-hybridized carbons (Fsp3) is 0.591. The van der Waals surface area contributed by atoms with E-state index < -0.39 is 0 Å². The van der Waals surface area contributed by atoms with Crippen LogP contribution in [0.2, 0.25) is 0 Å². The van der Waals surface area contributed by atoms with E-state index in [0.717, 1.165) is 39.0 Å². The van der Waals surface area contributed by atoms with E-state index >= 15 is 0 Å². The van der Waals surface area contributed by atoms with Gasteiger partial charge in [-0.2, -0.15) is 0 Å². The van der Waals surface area contributed by atoms with E-state index in [9.17, 15) is 0 Å². The summed E-state index contributed by atoms with van der Waals surface area (Å²) in [5, 5.41) is 3.69. The van der Waals surface area contributed by atoms with Crippen molar-refractivity contribution in [1.82, 2.24) is 10.3 Å². The highest BCUT2D eigenvalue weighted by Crippen LogP contribution is 2.49. The summed E-state index contributed by atoms with van der Waals surface area (Å²) in [6, 6.07) is 8.60. The first-order valence-electron chi connectivity index (χ1n) is 10.1. The Balaban J connectivity index is 1.46. The molecule has 1 spiro atoms. The molecule has 2 aromatic heterocycles. The lowest BCUT2D eigenvalue weighted by molar-refractivity contribution is -0.104. The molecule has 3 nitrogen and oxygen atoms in total. The van der Waals surface area contributed by atoms with Crippen molar-refractivity contribution < 1.29 is 4.74 Å². The molecule has 1 aliphatic carbocycles. The van der Waals surface area contributed by atoms with Gasteiger partial charge in [-0.1, -0.05) is 18.9 Å². The van der Waals surface area contributed by atoms with E-state index in [1.54, 1.807) is 0 Å². The van der Waals surface area contributed by atoms with Gasteiger partial charge in [0, 0.05) is 44.7 Å². The number of rotatable bonds is 6. The predicted molar refractivity (Wildman–Crippen MR) is 115 cm³/mol. The molecule has 0 aromatic carbocycles. The molecular weight excluding hydrogens is 420 g/mol. The van der Waals surface area contributed by atoms with Gasteiger partial charge < -0.3 is 10.1 Å². The van der Waals surface area contributed by atoms with Crippen molar-refractivity contribution in [2.75, 3.05) is 13.2 Å². The van der Waals surface area contributed by atoms with Crippen molar-refractivity contribution in [3.63, 3.8) is 0 Å². The lowest BCUT2D eigenvalue weighted by Crippen LogP contribution is -2.47. The zero-order chi connectivity index (χ0) is 18.7. The maximum atomic E-state index is 6.34. The third-order valence-electron chi connectivity index (χ3n) is 6.32. The van der Waals surface area contributed by atoms with E-state index in [1.165, 1.54) is 45.6 Å². The maximum absolute atomic E-state index is 6.34. The van der Waals surface area contributed by atoms with Crippen molar-refractivity contribution >= 4 is 27.3 Å². The number of hydrogen-bond donors (Lipinski definition) is 1. The molecule has 1 N–H and O–H groups in total. The normalized spacial score (nSPS) is 24.5. The van der Waals surface area contributed by atoms with Crippen molar-refractivity contribution in [3.05, 3.63) is 50.4 Å². The molecule has 0 radical (unpaired) electrons. The van der Waals surface area contributed by atoms with E-state index in [4.69, 9.17) is 9.72 Å². The second kappa shape index (κ2) is 8.32. The Hall–Kier alpha value is -0.750. The van der Waals surface area contributed by atoms with Crippen molar-refractivity contribution in [2.45, 2.75) is 69.4 Å². The summed E-state index contributed by atoms with van der Waals surface area (Å²) in [6.45, 7) is 4.97. The van der Waals surface area contributed by atoms with Crippen molar-refractivity contribution in [3.8, 4) is 0 Å². The summed E-state index contributed by atoms with van der Waals surface area (Å²) in [6.07, 6.45) is 10.3. The first-order valence-corrected chi connectivity index (χ1v) is 11.7. The van der Waals surface area contributed by atoms with Gasteiger partial charge in [0.1, 0.15) is 0 Å². The number of nitrogens with zero attached hydrogens (tertiary/aromatic N) is 1. The minimum absolute atomic E-state index is 0.101. The number of ether oxygens (including phenoxy) is 1. The molecule has 2 fully saturated rings. The summed E-state index contributed by atoms with van der Waals surface area (Å²) < 4.78 is 7.57. The standard InChI is InChI=1S/C22H29BrN2OS/c1-17-14-18(23)19(27-17)15-24-12-9-21(20-6-2-5-11-25-20)10-13-26-22(16-21)7-3-4-8-22/h2,5-6,11,14,24H,3-4,7-10,12-13,15-16H2,1H3/t21-/m1/s1. The van der Waals surface area contributed by atoms with Crippen LogP contribution in [0.3, 0.4) is 0 Å². The highest BCUT2D eigenvalue weighted by Gasteiger charge is 2.48. The number of hydrogen-bond acceptors (Lipinski definition) is 4. The maximum Gasteiger partial charge on any atom is 0.0691 e. The molecule has 0 unspecified atom stereocenters. The third-order valence-corrected chi connectivity index (χ3v) is 8.34. The Morgan fingerprint density at radius 2 is 2.11 bits per heavy atom. The van der Waals surface area contributed by atoms with Gasteiger partial charge in [0.15, 0.2) is 0 Å². The van der Waals surface area contributed by atoms with Crippen LogP contribution in [0.5, 0.6) is 0 Å². The predicted octanol–water partition coefficient (Wildman–Crippen LogP) is 5.75. The van der Waals surface area contributed by atoms with Crippen molar-refractivity contribution in [1.29, 1.82) is 0 Å². The van der Waals surface area contributed by atoms with Gasteiger partial charge in [-0.25, -0.2) is 0 Å². The van der Waals surface area contributed by atoms with E-state index in [2.05, 4.69) is 46.4 Å². The molecule has 2 aromatic rings. The zero-order valence-electron chi connectivity index (χ0n) is 16.1. The highest BCUT2D eigenvalue weighted by atomic mass is 79.9. The lowest BCUT2D eigenvalue weighted by Gasteiger charge is -2.46. The molecule has 27 heavy (non-hydrogen) atoms. The second-order valence-corrected chi connectivity index (χ2v) is 10.4. The molecule has 4 rings (SSSR count). The molecule has 1 aliphatic heterocycles. The number of nitrogens with one attached hydrogen (secondary N) is 1. The Labute approximate surface area is 175 Å². The topological polar surface area (TPSA) is 34.2 Å². The van der Waals surface area contributed by atoms with Gasteiger partial charge in [0.2, 0.25) is 0 Å². The zero-order valence-corrected chi connectivity index (χ0v) is 18.5. The van der Waals surface area contributed by atoms with Crippen LogP contribution in [0.15, 0.2) is 34.9 Å². The van der Waals surface area contributed by atoms with E-state index in [-0.39, 0.29) is 11.0 Å². The fourth-order valence-corrected chi connectivity index (χ4v) is 6.75. The molecule has 1 saturated heterocycles. The fourth-order valence-electron chi connectivity index (χ4n) is 4.98.